The maximum Gasteiger partial charge on any atom is 0.292 e. The van der Waals surface area contributed by atoms with Crippen LogP contribution in [0.4, 0.5) is 11.4 Å². The number of nitro groups is 1. The second-order valence-corrected chi connectivity index (χ2v) is 7.54. The van der Waals surface area contributed by atoms with Crippen LogP contribution >= 0.6 is 15.9 Å². The summed E-state index contributed by atoms with van der Waals surface area (Å²) in [5.74, 6) is 0.208. The monoisotopic (exact) mass is 410 g/mol. The van der Waals surface area contributed by atoms with Crippen molar-refractivity contribution in [1.82, 2.24) is 9.80 Å². The Balaban J connectivity index is 1.65. The molecule has 0 N–H and O–H groups in total. The Bertz CT molecular complexity index is 655. The molecule has 1 unspecified atom stereocenters. The Kier molecular flexibility index (Phi) is 5.58. The van der Waals surface area contributed by atoms with E-state index in [9.17, 15) is 14.9 Å². The molecule has 25 heavy (non-hydrogen) atoms. The highest BCUT2D eigenvalue weighted by Crippen LogP contribution is 2.32. The number of carbonyl (C=O) groups is 1. The molecule has 2 saturated heterocycles. The number of benzene rings is 1. The van der Waals surface area contributed by atoms with Gasteiger partial charge in [-0.1, -0.05) is 15.9 Å². The topological polar surface area (TPSA) is 69.9 Å². The summed E-state index contributed by atoms with van der Waals surface area (Å²) in [5.41, 5.74) is 0.760. The van der Waals surface area contributed by atoms with Crippen LogP contribution in [-0.2, 0) is 4.79 Å². The fourth-order valence-corrected chi connectivity index (χ4v) is 3.96. The van der Waals surface area contributed by atoms with E-state index in [2.05, 4.69) is 20.8 Å². The molecule has 2 aliphatic heterocycles. The van der Waals surface area contributed by atoms with E-state index in [0.29, 0.717) is 18.8 Å². The molecule has 0 bridgehead atoms. The number of anilines is 1. The van der Waals surface area contributed by atoms with Gasteiger partial charge in [0.25, 0.3) is 5.69 Å². The molecule has 0 spiro atoms. The molecule has 2 aliphatic rings. The molecule has 0 radical (unpaired) electrons. The minimum absolute atomic E-state index is 0.123. The number of likely N-dealkylation sites (tertiary alicyclic amines) is 1. The number of halogens is 1. The van der Waals surface area contributed by atoms with Crippen molar-refractivity contribution >= 4 is 33.2 Å². The molecular weight excluding hydrogens is 388 g/mol. The number of hydrogen-bond donors (Lipinski definition) is 0. The third kappa shape index (κ3) is 3.95. The summed E-state index contributed by atoms with van der Waals surface area (Å²) in [4.78, 5) is 29.7. The van der Waals surface area contributed by atoms with E-state index in [1.54, 1.807) is 12.1 Å². The zero-order valence-electron chi connectivity index (χ0n) is 14.4. The molecule has 1 amide bonds. The van der Waals surface area contributed by atoms with Crippen molar-refractivity contribution in [2.45, 2.75) is 25.8 Å². The van der Waals surface area contributed by atoms with E-state index < -0.39 is 0 Å². The summed E-state index contributed by atoms with van der Waals surface area (Å²) in [7, 11) is 0. The first-order chi connectivity index (χ1) is 12.0. The molecule has 3 rings (SSSR count). The summed E-state index contributed by atoms with van der Waals surface area (Å²) in [6.45, 7) is 6.51. The third-order valence-electron chi connectivity index (χ3n) is 5.11. The largest absolute Gasteiger partial charge is 0.363 e. The fourth-order valence-electron chi connectivity index (χ4n) is 3.61. The van der Waals surface area contributed by atoms with Crippen LogP contribution in [0.5, 0.6) is 0 Å². The Labute approximate surface area is 155 Å². The smallest absolute Gasteiger partial charge is 0.292 e. The summed E-state index contributed by atoms with van der Waals surface area (Å²) in [6, 6.07) is 4.89. The maximum absolute atomic E-state index is 12.6. The van der Waals surface area contributed by atoms with Crippen molar-refractivity contribution in [2.24, 2.45) is 0 Å². The van der Waals surface area contributed by atoms with Gasteiger partial charge in [0.2, 0.25) is 5.91 Å². The Hall–Kier alpha value is -1.67. The molecule has 136 valence electrons. The van der Waals surface area contributed by atoms with Crippen molar-refractivity contribution < 1.29 is 9.72 Å². The molecule has 8 heteroatoms. The van der Waals surface area contributed by atoms with Gasteiger partial charge in [-0.3, -0.25) is 19.8 Å². The molecule has 2 heterocycles. The summed E-state index contributed by atoms with van der Waals surface area (Å²) < 4.78 is 0.827. The number of amides is 1. The van der Waals surface area contributed by atoms with Gasteiger partial charge >= 0.3 is 0 Å². The molecule has 7 nitrogen and oxygen atoms in total. The van der Waals surface area contributed by atoms with Gasteiger partial charge in [-0.15, -0.1) is 0 Å². The van der Waals surface area contributed by atoms with Crippen LogP contribution in [0.25, 0.3) is 0 Å². The minimum Gasteiger partial charge on any atom is -0.363 e. The lowest BCUT2D eigenvalue weighted by molar-refractivity contribution is -0.384. The van der Waals surface area contributed by atoms with Gasteiger partial charge < -0.3 is 9.80 Å². The quantitative estimate of drug-likeness (QED) is 0.563. The van der Waals surface area contributed by atoms with E-state index >= 15 is 0 Å². The number of nitrogens with zero attached hydrogens (tertiary/aromatic N) is 4. The van der Waals surface area contributed by atoms with Crippen molar-refractivity contribution in [2.75, 3.05) is 44.2 Å². The molecule has 1 atom stereocenters. The SMILES string of the molecule is CC(C(=O)N1CCCC1)N1CCN(c2cc(Br)ccc2[N+](=O)[O-])CC1. The molecule has 0 saturated carbocycles. The second kappa shape index (κ2) is 7.70. The predicted octanol–water partition coefficient (Wildman–Crippen LogP) is 2.49. The van der Waals surface area contributed by atoms with E-state index in [4.69, 9.17) is 0 Å². The van der Waals surface area contributed by atoms with Crippen LogP contribution < -0.4 is 4.90 Å². The molecule has 1 aromatic carbocycles. The van der Waals surface area contributed by atoms with Gasteiger partial charge in [-0.2, -0.15) is 0 Å². The second-order valence-electron chi connectivity index (χ2n) is 6.62. The number of hydrogen-bond acceptors (Lipinski definition) is 5. The van der Waals surface area contributed by atoms with Crippen molar-refractivity contribution in [3.63, 3.8) is 0 Å². The lowest BCUT2D eigenvalue weighted by atomic mass is 10.1. The molecule has 2 fully saturated rings. The van der Waals surface area contributed by atoms with E-state index in [1.807, 2.05) is 16.7 Å². The molecule has 1 aromatic rings. The number of nitro benzene ring substituents is 1. The van der Waals surface area contributed by atoms with E-state index in [0.717, 1.165) is 43.5 Å². The van der Waals surface area contributed by atoms with Crippen molar-refractivity contribution in [3.05, 3.63) is 32.8 Å². The Morgan fingerprint density at radius 1 is 1.16 bits per heavy atom. The maximum atomic E-state index is 12.6. The van der Waals surface area contributed by atoms with Gasteiger partial charge in [-0.25, -0.2) is 0 Å². The average Bonchev–Trinajstić information content (AvgIpc) is 3.15. The van der Waals surface area contributed by atoms with Gasteiger partial charge in [0, 0.05) is 49.8 Å². The summed E-state index contributed by atoms with van der Waals surface area (Å²) in [6.07, 6.45) is 2.19. The number of rotatable bonds is 4. The van der Waals surface area contributed by atoms with Crippen molar-refractivity contribution in [3.8, 4) is 0 Å². The lowest BCUT2D eigenvalue weighted by Crippen LogP contribution is -2.54. The average molecular weight is 411 g/mol. The minimum atomic E-state index is -0.340. The van der Waals surface area contributed by atoms with Crippen LogP contribution in [0.1, 0.15) is 19.8 Å². The van der Waals surface area contributed by atoms with Crippen molar-refractivity contribution in [1.29, 1.82) is 0 Å². The fraction of sp³-hybridized carbons (Fsp3) is 0.588. The Morgan fingerprint density at radius 3 is 2.40 bits per heavy atom. The van der Waals surface area contributed by atoms with E-state index in [-0.39, 0.29) is 22.6 Å². The number of carbonyl (C=O) groups excluding carboxylic acids is 1. The first-order valence-electron chi connectivity index (χ1n) is 8.69. The first kappa shape index (κ1) is 18.1. The van der Waals surface area contributed by atoms with E-state index in [1.165, 1.54) is 6.07 Å². The molecule has 0 aromatic heterocycles. The van der Waals surface area contributed by atoms with Crippen LogP contribution in [0.3, 0.4) is 0 Å². The summed E-state index contributed by atoms with van der Waals surface area (Å²) >= 11 is 3.39. The van der Waals surface area contributed by atoms with Crippen LogP contribution in [0, 0.1) is 10.1 Å². The van der Waals surface area contributed by atoms with Crippen LogP contribution in [0.15, 0.2) is 22.7 Å². The first-order valence-corrected chi connectivity index (χ1v) is 9.48. The summed E-state index contributed by atoms with van der Waals surface area (Å²) in [5, 5.41) is 11.3. The zero-order chi connectivity index (χ0) is 18.0. The lowest BCUT2D eigenvalue weighted by Gasteiger charge is -2.39. The highest BCUT2D eigenvalue weighted by molar-refractivity contribution is 9.10. The standard InChI is InChI=1S/C17H23BrN4O3/c1-13(17(23)21-6-2-3-7-21)19-8-10-20(11-9-19)16-12-14(18)4-5-15(16)22(24)25/h4-5,12-13H,2-3,6-11H2,1H3. The molecule has 0 aliphatic carbocycles. The van der Waals surface area contributed by atoms with Gasteiger partial charge in [-0.05, 0) is 31.9 Å². The van der Waals surface area contributed by atoms with Crippen LogP contribution in [-0.4, -0.2) is 65.9 Å². The molecular formula is C17H23BrN4O3. The highest BCUT2D eigenvalue weighted by Gasteiger charge is 2.31. The number of piperazine rings is 1. The van der Waals surface area contributed by atoms with Gasteiger partial charge in [0.15, 0.2) is 0 Å². The van der Waals surface area contributed by atoms with Gasteiger partial charge in [0.1, 0.15) is 5.69 Å². The van der Waals surface area contributed by atoms with Gasteiger partial charge in [0.05, 0.1) is 11.0 Å². The normalized spacial score (nSPS) is 19.9. The predicted molar refractivity (Wildman–Crippen MR) is 99.9 cm³/mol. The highest BCUT2D eigenvalue weighted by atomic mass is 79.9. The zero-order valence-corrected chi connectivity index (χ0v) is 15.9. The Morgan fingerprint density at radius 2 is 1.80 bits per heavy atom. The van der Waals surface area contributed by atoms with Crippen LogP contribution in [0.2, 0.25) is 0 Å². The third-order valence-corrected chi connectivity index (χ3v) is 5.61.